The average Bonchev–Trinajstić information content (AvgIpc) is 2.24. The molecule has 17 heavy (non-hydrogen) atoms. The molecule has 6 nitrogen and oxygen atoms in total. The number of carboxylic acid groups (broad SMARTS) is 1. The molecule has 0 saturated carbocycles. The quantitative estimate of drug-likeness (QED) is 0.551. The van der Waals surface area contributed by atoms with Gasteiger partial charge < -0.3 is 5.11 Å². The minimum Gasteiger partial charge on any atom is -0.477 e. The average molecular weight is 322 g/mol. The molecule has 2 heterocycles. The Morgan fingerprint density at radius 1 is 1.53 bits per heavy atom. The molecule has 0 aromatic rings. The van der Waals surface area contributed by atoms with Crippen LogP contribution in [0.15, 0.2) is 22.8 Å². The highest BCUT2D eigenvalue weighted by Gasteiger charge is 2.59. The molecule has 1 amide bonds. The number of hydrogen-bond acceptors (Lipinski definition) is 4. The molecule has 0 spiro atoms. The van der Waals surface area contributed by atoms with Crippen LogP contribution in [0.3, 0.4) is 0 Å². The predicted molar refractivity (Wildman–Crippen MR) is 61.7 cm³/mol. The van der Waals surface area contributed by atoms with Crippen molar-refractivity contribution >= 4 is 37.6 Å². The Labute approximate surface area is 106 Å². The van der Waals surface area contributed by atoms with E-state index in [2.05, 4.69) is 22.5 Å². The maximum atomic E-state index is 12.0. The Morgan fingerprint density at radius 2 is 2.06 bits per heavy atom. The molecule has 8 heteroatoms. The molecule has 1 N–H and O–H groups in total. The van der Waals surface area contributed by atoms with Gasteiger partial charge in [0.15, 0.2) is 5.37 Å². The third kappa shape index (κ3) is 1.34. The minimum absolute atomic E-state index is 0.00139. The number of rotatable bonds is 1. The molecule has 0 aromatic carbocycles. The lowest BCUT2D eigenvalue weighted by molar-refractivity contribution is -0.145. The highest BCUT2D eigenvalue weighted by atomic mass is 79.9. The highest BCUT2D eigenvalue weighted by Crippen LogP contribution is 2.43. The number of carboxylic acids is 1. The number of fused-ring (bicyclic) bond motifs is 1. The van der Waals surface area contributed by atoms with E-state index in [1.54, 1.807) is 0 Å². The van der Waals surface area contributed by atoms with Gasteiger partial charge in [0.25, 0.3) is 0 Å². The molecule has 0 aliphatic carbocycles. The van der Waals surface area contributed by atoms with Gasteiger partial charge in [-0.25, -0.2) is 13.2 Å². The number of β-lactam (4-membered cyclic amide) rings is 1. The third-order valence-electron chi connectivity index (χ3n) is 2.86. The SMILES string of the molecule is C=C1C(C)=C(C(=O)O)N2C(=O)[C@H](Br)[C@H]2S1(=O)=O. The Hall–Kier alpha value is -1.15. The number of aliphatic carboxylic acids is 1. The second kappa shape index (κ2) is 3.42. The molecular formula is C9H8BrNO5S. The molecule has 0 aromatic heterocycles. The van der Waals surface area contributed by atoms with Crippen molar-refractivity contribution in [2.45, 2.75) is 17.1 Å². The van der Waals surface area contributed by atoms with Crippen molar-refractivity contribution in [3.8, 4) is 0 Å². The maximum absolute atomic E-state index is 12.0. The lowest BCUT2D eigenvalue weighted by atomic mass is 10.1. The van der Waals surface area contributed by atoms with Crippen molar-refractivity contribution in [2.24, 2.45) is 0 Å². The Bertz CT molecular complexity index is 591. The molecule has 0 radical (unpaired) electrons. The fraction of sp³-hybridized carbons (Fsp3) is 0.333. The third-order valence-corrected chi connectivity index (χ3v) is 6.21. The van der Waals surface area contributed by atoms with Gasteiger partial charge >= 0.3 is 5.97 Å². The summed E-state index contributed by atoms with van der Waals surface area (Å²) in [7, 11) is -3.76. The predicted octanol–water partition coefficient (Wildman–Crippen LogP) is 0.219. The lowest BCUT2D eigenvalue weighted by Gasteiger charge is -2.47. The topological polar surface area (TPSA) is 91.8 Å². The van der Waals surface area contributed by atoms with Crippen LogP contribution in [-0.4, -0.2) is 40.5 Å². The number of carbonyl (C=O) groups excluding carboxylic acids is 1. The molecule has 1 fully saturated rings. The summed E-state index contributed by atoms with van der Waals surface area (Å²) in [5, 5.41) is 7.82. The zero-order valence-electron chi connectivity index (χ0n) is 8.68. The van der Waals surface area contributed by atoms with Gasteiger partial charge in [-0.1, -0.05) is 22.5 Å². The van der Waals surface area contributed by atoms with Gasteiger partial charge in [-0.3, -0.25) is 9.69 Å². The minimum atomic E-state index is -3.76. The van der Waals surface area contributed by atoms with Crippen LogP contribution in [-0.2, 0) is 19.4 Å². The monoisotopic (exact) mass is 321 g/mol. The Morgan fingerprint density at radius 3 is 2.53 bits per heavy atom. The van der Waals surface area contributed by atoms with Crippen molar-refractivity contribution in [2.75, 3.05) is 0 Å². The van der Waals surface area contributed by atoms with Crippen molar-refractivity contribution in [1.29, 1.82) is 0 Å². The lowest BCUT2D eigenvalue weighted by Crippen LogP contribution is -2.67. The van der Waals surface area contributed by atoms with Crippen molar-refractivity contribution in [3.05, 3.63) is 22.8 Å². The summed E-state index contributed by atoms with van der Waals surface area (Å²) in [6, 6.07) is 0. The number of nitrogens with zero attached hydrogens (tertiary/aromatic N) is 1. The van der Waals surface area contributed by atoms with E-state index in [9.17, 15) is 18.0 Å². The Balaban J connectivity index is 2.71. The first-order valence-electron chi connectivity index (χ1n) is 4.55. The van der Waals surface area contributed by atoms with Crippen LogP contribution in [0.1, 0.15) is 6.92 Å². The van der Waals surface area contributed by atoms with Crippen molar-refractivity contribution < 1.29 is 23.1 Å². The smallest absolute Gasteiger partial charge is 0.352 e. The van der Waals surface area contributed by atoms with Gasteiger partial charge in [0.2, 0.25) is 15.7 Å². The maximum Gasteiger partial charge on any atom is 0.352 e. The highest BCUT2D eigenvalue weighted by molar-refractivity contribution is 9.10. The number of carbonyl (C=O) groups is 2. The fourth-order valence-corrected chi connectivity index (χ4v) is 4.94. The summed E-state index contributed by atoms with van der Waals surface area (Å²) in [5.41, 5.74) is -0.308. The molecule has 2 atom stereocenters. The zero-order valence-corrected chi connectivity index (χ0v) is 11.1. The number of amides is 1. The number of alkyl halides is 1. The summed E-state index contributed by atoms with van der Waals surface area (Å²) in [6.45, 7) is 4.72. The van der Waals surface area contributed by atoms with E-state index in [0.717, 1.165) is 4.90 Å². The van der Waals surface area contributed by atoms with Gasteiger partial charge in [-0.05, 0) is 12.5 Å². The molecule has 2 rings (SSSR count). The van der Waals surface area contributed by atoms with E-state index in [-0.39, 0.29) is 16.2 Å². The van der Waals surface area contributed by atoms with Crippen molar-refractivity contribution in [1.82, 2.24) is 4.90 Å². The first kappa shape index (κ1) is 12.3. The van der Waals surface area contributed by atoms with Crippen LogP contribution < -0.4 is 0 Å². The molecule has 2 aliphatic heterocycles. The molecular weight excluding hydrogens is 314 g/mol. The Kier molecular flexibility index (Phi) is 2.48. The summed E-state index contributed by atoms with van der Waals surface area (Å²) >= 11 is 2.94. The van der Waals surface area contributed by atoms with Gasteiger partial charge in [-0.2, -0.15) is 0 Å². The van der Waals surface area contributed by atoms with Crippen LogP contribution in [0.2, 0.25) is 0 Å². The van der Waals surface area contributed by atoms with Crippen LogP contribution in [0, 0.1) is 0 Å². The summed E-state index contributed by atoms with van der Waals surface area (Å²) in [6.07, 6.45) is 0. The van der Waals surface area contributed by atoms with Crippen LogP contribution in [0.25, 0.3) is 0 Å². The van der Waals surface area contributed by atoms with E-state index in [1.165, 1.54) is 6.92 Å². The summed E-state index contributed by atoms with van der Waals surface area (Å²) < 4.78 is 23.9. The molecule has 0 bridgehead atoms. The van der Waals surface area contributed by atoms with Crippen molar-refractivity contribution in [3.63, 3.8) is 0 Å². The van der Waals surface area contributed by atoms with Gasteiger partial charge in [-0.15, -0.1) is 0 Å². The molecule has 2 aliphatic rings. The van der Waals surface area contributed by atoms with E-state index in [4.69, 9.17) is 5.11 Å². The molecule has 1 saturated heterocycles. The van der Waals surface area contributed by atoms with E-state index < -0.39 is 31.9 Å². The fourth-order valence-electron chi connectivity index (χ4n) is 1.90. The first-order chi connectivity index (χ1) is 7.71. The first-order valence-corrected chi connectivity index (χ1v) is 7.02. The van der Waals surface area contributed by atoms with E-state index >= 15 is 0 Å². The number of allylic oxidation sites excluding steroid dienone is 1. The van der Waals surface area contributed by atoms with Crippen LogP contribution in [0.4, 0.5) is 0 Å². The van der Waals surface area contributed by atoms with Gasteiger partial charge in [0, 0.05) is 0 Å². The second-order valence-electron chi connectivity index (χ2n) is 3.75. The standard InChI is InChI=1S/C9H8BrNO5S/c1-3-4(2)17(15,16)8-5(10)7(12)11(8)6(3)9(13)14/h5,8H,2H2,1H3,(H,13,14)/t5-,8+/m0/s1. The normalized spacial score (nSPS) is 31.1. The summed E-state index contributed by atoms with van der Waals surface area (Å²) in [5.74, 6) is -1.90. The van der Waals surface area contributed by atoms with Crippen LogP contribution in [0.5, 0.6) is 0 Å². The van der Waals surface area contributed by atoms with E-state index in [0.29, 0.717) is 0 Å². The van der Waals surface area contributed by atoms with Gasteiger partial charge in [0.05, 0.1) is 4.91 Å². The second-order valence-corrected chi connectivity index (χ2v) is 6.80. The zero-order chi connectivity index (χ0) is 13.1. The number of sulfone groups is 1. The number of halogens is 1. The molecule has 92 valence electrons. The number of hydrogen-bond donors (Lipinski definition) is 1. The summed E-state index contributed by atoms with van der Waals surface area (Å²) in [4.78, 5) is 22.2. The van der Waals surface area contributed by atoms with Gasteiger partial charge in [0.1, 0.15) is 10.5 Å². The van der Waals surface area contributed by atoms with E-state index in [1.807, 2.05) is 0 Å². The largest absolute Gasteiger partial charge is 0.477 e. The van der Waals surface area contributed by atoms with Crippen LogP contribution >= 0.6 is 15.9 Å². The molecule has 0 unspecified atom stereocenters.